The first-order valence-electron chi connectivity index (χ1n) is 3.57. The van der Waals surface area contributed by atoms with Crippen molar-refractivity contribution in [3.8, 4) is 11.6 Å². The van der Waals surface area contributed by atoms with E-state index in [1.54, 1.807) is 29.4 Å². The molecule has 0 atom stereocenters. The fourth-order valence-electron chi connectivity index (χ4n) is 1.03. The van der Waals surface area contributed by atoms with Crippen molar-refractivity contribution in [3.05, 3.63) is 31.4 Å². The monoisotopic (exact) mass is 160 g/mol. The van der Waals surface area contributed by atoms with E-state index < -0.39 is 0 Å². The Balaban J connectivity index is 2.53. The van der Waals surface area contributed by atoms with Crippen LogP contribution in [0.3, 0.4) is 0 Å². The molecule has 0 bridgehead atoms. The highest BCUT2D eigenvalue weighted by Crippen LogP contribution is 2.10. The third-order valence-electron chi connectivity index (χ3n) is 1.58. The molecular weight excluding hydrogens is 152 g/mol. The molecule has 0 unspecified atom stereocenters. The lowest BCUT2D eigenvalue weighted by Gasteiger charge is -1.96. The molecule has 0 aromatic carbocycles. The van der Waals surface area contributed by atoms with Gasteiger partial charge in [0.25, 0.3) is 0 Å². The molecule has 0 aliphatic rings. The summed E-state index contributed by atoms with van der Waals surface area (Å²) < 4.78 is 1.80. The van der Waals surface area contributed by atoms with Crippen LogP contribution in [0.15, 0.2) is 31.4 Å². The highest BCUT2D eigenvalue weighted by molar-refractivity contribution is 5.47. The van der Waals surface area contributed by atoms with Gasteiger partial charge in [0.2, 0.25) is 0 Å². The maximum absolute atomic E-state index is 4.13. The van der Waals surface area contributed by atoms with Crippen molar-refractivity contribution in [2.45, 2.75) is 0 Å². The molecule has 4 heteroatoms. The van der Waals surface area contributed by atoms with Crippen molar-refractivity contribution in [2.24, 2.45) is 0 Å². The van der Waals surface area contributed by atoms with Crippen LogP contribution in [-0.4, -0.2) is 19.5 Å². The first-order chi connectivity index (χ1) is 5.92. The van der Waals surface area contributed by atoms with Gasteiger partial charge in [-0.2, -0.15) is 0 Å². The van der Waals surface area contributed by atoms with Crippen LogP contribution < -0.4 is 0 Å². The minimum Gasteiger partial charge on any atom is -0.342 e. The molecule has 2 aromatic heterocycles. The van der Waals surface area contributed by atoms with Gasteiger partial charge in [-0.3, -0.25) is 0 Å². The van der Waals surface area contributed by atoms with Crippen molar-refractivity contribution in [1.29, 1.82) is 0 Å². The summed E-state index contributed by atoms with van der Waals surface area (Å²) in [7, 11) is 0. The molecule has 12 heavy (non-hydrogen) atoms. The lowest BCUT2D eigenvalue weighted by atomic mass is 10.5. The zero-order valence-electron chi connectivity index (χ0n) is 6.44. The largest absolute Gasteiger partial charge is 0.342 e. The molecule has 2 rings (SSSR count). The van der Waals surface area contributed by atoms with Gasteiger partial charge in [-0.1, -0.05) is 6.58 Å². The van der Waals surface area contributed by atoms with Gasteiger partial charge in [0.1, 0.15) is 0 Å². The molecule has 1 N–H and O–H groups in total. The minimum atomic E-state index is 0.750. The molecule has 0 aliphatic carbocycles. The molecule has 0 fully saturated rings. The van der Waals surface area contributed by atoms with Crippen molar-refractivity contribution in [2.75, 3.05) is 0 Å². The summed E-state index contributed by atoms with van der Waals surface area (Å²) >= 11 is 0. The van der Waals surface area contributed by atoms with E-state index >= 15 is 0 Å². The zero-order valence-corrected chi connectivity index (χ0v) is 6.44. The Morgan fingerprint density at radius 2 is 2.33 bits per heavy atom. The Kier molecular flexibility index (Phi) is 1.51. The predicted octanol–water partition coefficient (Wildman–Crippen LogP) is 1.37. The number of hydrogen-bond acceptors (Lipinski definition) is 2. The van der Waals surface area contributed by atoms with Crippen LogP contribution >= 0.6 is 0 Å². The van der Waals surface area contributed by atoms with Crippen LogP contribution in [0.1, 0.15) is 0 Å². The number of rotatable bonds is 2. The summed E-state index contributed by atoms with van der Waals surface area (Å²) in [5.74, 6) is 1.52. The van der Waals surface area contributed by atoms with Crippen LogP contribution in [0.5, 0.6) is 0 Å². The fraction of sp³-hybridized carbons (Fsp3) is 0. The smallest absolute Gasteiger partial charge is 0.180 e. The van der Waals surface area contributed by atoms with E-state index in [2.05, 4.69) is 21.5 Å². The number of hydrogen-bond donors (Lipinski definition) is 1. The number of imidazole rings is 2. The van der Waals surface area contributed by atoms with Gasteiger partial charge in [0.15, 0.2) is 11.6 Å². The summed E-state index contributed by atoms with van der Waals surface area (Å²) in [5.41, 5.74) is 0. The molecule has 0 radical (unpaired) electrons. The van der Waals surface area contributed by atoms with E-state index in [-0.39, 0.29) is 0 Å². The SMILES string of the molecule is C=Cn1ccnc1-c1ncc[nH]1. The third kappa shape index (κ3) is 0.934. The van der Waals surface area contributed by atoms with E-state index in [1.807, 2.05) is 6.20 Å². The van der Waals surface area contributed by atoms with Gasteiger partial charge in [-0.15, -0.1) is 0 Å². The van der Waals surface area contributed by atoms with Gasteiger partial charge < -0.3 is 9.55 Å². The lowest BCUT2D eigenvalue weighted by Crippen LogP contribution is -1.90. The molecule has 2 aromatic rings. The molecule has 0 spiro atoms. The summed E-state index contributed by atoms with van der Waals surface area (Å²) in [6.45, 7) is 3.65. The van der Waals surface area contributed by atoms with Crippen molar-refractivity contribution in [1.82, 2.24) is 19.5 Å². The van der Waals surface area contributed by atoms with Crippen LogP contribution in [-0.2, 0) is 0 Å². The highest BCUT2D eigenvalue weighted by atomic mass is 15.1. The number of nitrogens with one attached hydrogen (secondary N) is 1. The van der Waals surface area contributed by atoms with Crippen LogP contribution in [0.25, 0.3) is 17.8 Å². The summed E-state index contributed by atoms with van der Waals surface area (Å²) in [4.78, 5) is 11.2. The van der Waals surface area contributed by atoms with Crippen molar-refractivity contribution >= 4 is 6.20 Å². The maximum atomic E-state index is 4.13. The summed E-state index contributed by atoms with van der Waals surface area (Å²) in [6.07, 6.45) is 8.67. The molecule has 4 nitrogen and oxygen atoms in total. The molecule has 2 heterocycles. The van der Waals surface area contributed by atoms with E-state index in [1.165, 1.54) is 0 Å². The van der Waals surface area contributed by atoms with E-state index in [0.717, 1.165) is 11.6 Å². The number of nitrogens with zero attached hydrogens (tertiary/aromatic N) is 3. The topological polar surface area (TPSA) is 46.5 Å². The van der Waals surface area contributed by atoms with E-state index in [0.29, 0.717) is 0 Å². The second-order valence-corrected chi connectivity index (χ2v) is 2.28. The first-order valence-corrected chi connectivity index (χ1v) is 3.57. The second-order valence-electron chi connectivity index (χ2n) is 2.28. The molecule has 0 saturated heterocycles. The summed E-state index contributed by atoms with van der Waals surface area (Å²) in [5, 5.41) is 0. The maximum Gasteiger partial charge on any atom is 0.180 e. The molecule has 60 valence electrons. The Labute approximate surface area is 69.6 Å². The number of aromatic nitrogens is 4. The average Bonchev–Trinajstić information content (AvgIpc) is 2.74. The fourth-order valence-corrected chi connectivity index (χ4v) is 1.03. The minimum absolute atomic E-state index is 0.750. The predicted molar refractivity (Wildman–Crippen MR) is 46.2 cm³/mol. The lowest BCUT2D eigenvalue weighted by molar-refractivity contribution is 1.10. The van der Waals surface area contributed by atoms with Crippen LogP contribution in [0.2, 0.25) is 0 Å². The average molecular weight is 160 g/mol. The zero-order chi connectivity index (χ0) is 8.39. The Morgan fingerprint density at radius 1 is 1.42 bits per heavy atom. The Morgan fingerprint density at radius 3 is 3.00 bits per heavy atom. The molecular formula is C8H8N4. The van der Waals surface area contributed by atoms with Gasteiger partial charge in [-0.25, -0.2) is 9.97 Å². The Bertz CT molecular complexity index is 371. The van der Waals surface area contributed by atoms with E-state index in [4.69, 9.17) is 0 Å². The van der Waals surface area contributed by atoms with Gasteiger partial charge in [-0.05, 0) is 0 Å². The molecule has 0 amide bonds. The number of H-pyrrole nitrogens is 1. The summed E-state index contributed by atoms with van der Waals surface area (Å²) in [6, 6.07) is 0. The first kappa shape index (κ1) is 6.84. The standard InChI is InChI=1S/C8H8N4/c1-2-12-6-5-11-8(12)7-9-3-4-10-7/h2-6H,1H2,(H,9,10). The third-order valence-corrected chi connectivity index (χ3v) is 1.58. The van der Waals surface area contributed by atoms with Gasteiger partial charge in [0, 0.05) is 31.0 Å². The molecule has 0 saturated carbocycles. The van der Waals surface area contributed by atoms with Crippen molar-refractivity contribution in [3.63, 3.8) is 0 Å². The van der Waals surface area contributed by atoms with Crippen molar-refractivity contribution < 1.29 is 0 Å². The van der Waals surface area contributed by atoms with Crippen LogP contribution in [0.4, 0.5) is 0 Å². The van der Waals surface area contributed by atoms with Gasteiger partial charge in [0.05, 0.1) is 0 Å². The van der Waals surface area contributed by atoms with Gasteiger partial charge >= 0.3 is 0 Å². The van der Waals surface area contributed by atoms with Crippen LogP contribution in [0, 0.1) is 0 Å². The quantitative estimate of drug-likeness (QED) is 0.721. The van der Waals surface area contributed by atoms with E-state index in [9.17, 15) is 0 Å². The highest BCUT2D eigenvalue weighted by Gasteiger charge is 2.04. The normalized spacial score (nSPS) is 10.0. The Hall–Kier alpha value is -1.84. The second kappa shape index (κ2) is 2.65. The molecule has 0 aliphatic heterocycles. The number of aromatic amines is 1.